The summed E-state index contributed by atoms with van der Waals surface area (Å²) in [6.45, 7) is 2.84. The zero-order valence-electron chi connectivity index (χ0n) is 11.3. The highest BCUT2D eigenvalue weighted by atomic mass is 19.1. The molecule has 1 aromatic carbocycles. The van der Waals surface area contributed by atoms with Crippen LogP contribution in [0.25, 0.3) is 0 Å². The first-order valence-electron chi connectivity index (χ1n) is 6.41. The Bertz CT molecular complexity index is 658. The van der Waals surface area contributed by atoms with Crippen molar-refractivity contribution >= 4 is 11.4 Å². The second kappa shape index (κ2) is 6.29. The molecule has 1 heterocycles. The summed E-state index contributed by atoms with van der Waals surface area (Å²) in [6, 6.07) is 3.03. The van der Waals surface area contributed by atoms with Crippen molar-refractivity contribution in [2.45, 2.75) is 26.4 Å². The Morgan fingerprint density at radius 3 is 2.86 bits per heavy atom. The molecular weight excluding hydrogens is 282 g/mol. The summed E-state index contributed by atoms with van der Waals surface area (Å²) in [4.78, 5) is 10.1. The van der Waals surface area contributed by atoms with Gasteiger partial charge in [0.2, 0.25) is 0 Å². The predicted molar refractivity (Wildman–Crippen MR) is 72.9 cm³/mol. The fourth-order valence-electron chi connectivity index (χ4n) is 1.98. The lowest BCUT2D eigenvalue weighted by Crippen LogP contribution is -2.11. The average Bonchev–Trinajstić information content (AvgIpc) is 2.85. The third-order valence-electron chi connectivity index (χ3n) is 2.92. The Kier molecular flexibility index (Phi) is 4.46. The van der Waals surface area contributed by atoms with Crippen molar-refractivity contribution in [1.82, 2.24) is 9.78 Å². The van der Waals surface area contributed by atoms with Crippen LogP contribution in [0.4, 0.5) is 20.2 Å². The van der Waals surface area contributed by atoms with E-state index in [9.17, 15) is 18.9 Å². The van der Waals surface area contributed by atoms with Crippen molar-refractivity contribution in [3.05, 3.63) is 51.8 Å². The number of nitrogens with zero attached hydrogens (tertiary/aromatic N) is 3. The van der Waals surface area contributed by atoms with Crippen molar-refractivity contribution in [2.24, 2.45) is 0 Å². The highest BCUT2D eigenvalue weighted by Gasteiger charge is 2.20. The maximum Gasteiger partial charge on any atom is 0.298 e. The highest BCUT2D eigenvalue weighted by Crippen LogP contribution is 2.29. The molecule has 0 radical (unpaired) electrons. The average molecular weight is 296 g/mol. The monoisotopic (exact) mass is 296 g/mol. The van der Waals surface area contributed by atoms with E-state index in [1.165, 1.54) is 0 Å². The molecule has 1 aromatic heterocycles. The molecule has 0 aliphatic carbocycles. The van der Waals surface area contributed by atoms with Crippen LogP contribution in [0.15, 0.2) is 24.4 Å². The van der Waals surface area contributed by atoms with Gasteiger partial charge in [-0.1, -0.05) is 6.92 Å². The van der Waals surface area contributed by atoms with Gasteiger partial charge in [0.1, 0.15) is 11.5 Å². The molecular formula is C13H14F2N4O2. The molecule has 0 fully saturated rings. The number of nitro groups is 1. The molecule has 0 aliphatic rings. The van der Waals surface area contributed by atoms with Crippen LogP contribution in [-0.4, -0.2) is 14.7 Å². The van der Waals surface area contributed by atoms with Gasteiger partial charge in [-0.05, 0) is 12.5 Å². The minimum atomic E-state index is -0.997. The summed E-state index contributed by atoms with van der Waals surface area (Å²) in [5.74, 6) is -1.98. The number of rotatable bonds is 6. The van der Waals surface area contributed by atoms with Crippen molar-refractivity contribution in [1.29, 1.82) is 0 Å². The molecule has 21 heavy (non-hydrogen) atoms. The first-order chi connectivity index (χ1) is 10.0. The zero-order valence-corrected chi connectivity index (χ0v) is 11.3. The van der Waals surface area contributed by atoms with Crippen molar-refractivity contribution < 1.29 is 13.7 Å². The van der Waals surface area contributed by atoms with Gasteiger partial charge in [-0.3, -0.25) is 14.8 Å². The Hall–Kier alpha value is -2.51. The highest BCUT2D eigenvalue weighted by molar-refractivity contribution is 5.62. The zero-order chi connectivity index (χ0) is 15.4. The van der Waals surface area contributed by atoms with E-state index in [0.29, 0.717) is 18.7 Å². The molecule has 0 bridgehead atoms. The lowest BCUT2D eigenvalue weighted by Gasteiger charge is -2.10. The van der Waals surface area contributed by atoms with E-state index in [2.05, 4.69) is 10.4 Å². The second-order valence-corrected chi connectivity index (χ2v) is 4.44. The SMILES string of the molecule is CCCn1nccc1CNc1c(F)cc(F)cc1[N+](=O)[O-]. The smallest absolute Gasteiger partial charge is 0.298 e. The van der Waals surface area contributed by atoms with Gasteiger partial charge in [-0.15, -0.1) is 0 Å². The Labute approximate surface area is 119 Å². The number of aryl methyl sites for hydroxylation is 1. The Balaban J connectivity index is 2.23. The van der Waals surface area contributed by atoms with Gasteiger partial charge >= 0.3 is 0 Å². The van der Waals surface area contributed by atoms with Gasteiger partial charge in [0.05, 0.1) is 23.2 Å². The molecule has 0 unspecified atom stereocenters. The molecule has 2 rings (SSSR count). The molecule has 0 spiro atoms. The van der Waals surface area contributed by atoms with Gasteiger partial charge in [0.25, 0.3) is 5.69 Å². The van der Waals surface area contributed by atoms with Crippen molar-refractivity contribution in [3.8, 4) is 0 Å². The van der Waals surface area contributed by atoms with E-state index in [-0.39, 0.29) is 12.2 Å². The summed E-state index contributed by atoms with van der Waals surface area (Å²) in [5, 5.41) is 17.6. The van der Waals surface area contributed by atoms with E-state index >= 15 is 0 Å². The number of aromatic nitrogens is 2. The number of anilines is 1. The van der Waals surface area contributed by atoms with Crippen LogP contribution in [0.2, 0.25) is 0 Å². The fourth-order valence-corrected chi connectivity index (χ4v) is 1.98. The summed E-state index contributed by atoms with van der Waals surface area (Å²) < 4.78 is 28.5. The molecule has 0 aliphatic heterocycles. The standard InChI is InChI=1S/C13H14F2N4O2/c1-2-5-18-10(3-4-17-18)8-16-13-11(15)6-9(14)7-12(13)19(20)21/h3-4,6-7,16H,2,5,8H2,1H3. The molecule has 0 amide bonds. The maximum absolute atomic E-state index is 13.7. The molecule has 0 saturated heterocycles. The van der Waals surface area contributed by atoms with Gasteiger partial charge in [0.15, 0.2) is 5.82 Å². The van der Waals surface area contributed by atoms with E-state index in [1.54, 1.807) is 16.9 Å². The normalized spacial score (nSPS) is 10.6. The largest absolute Gasteiger partial charge is 0.371 e. The molecule has 0 atom stereocenters. The quantitative estimate of drug-likeness (QED) is 0.656. The molecule has 8 heteroatoms. The molecule has 6 nitrogen and oxygen atoms in total. The summed E-state index contributed by atoms with van der Waals surface area (Å²) in [5.41, 5.74) is -0.199. The van der Waals surface area contributed by atoms with Gasteiger partial charge in [-0.25, -0.2) is 8.78 Å². The number of benzene rings is 1. The van der Waals surface area contributed by atoms with Crippen LogP contribution in [-0.2, 0) is 13.1 Å². The second-order valence-electron chi connectivity index (χ2n) is 4.44. The van der Waals surface area contributed by atoms with E-state index in [4.69, 9.17) is 0 Å². The van der Waals surface area contributed by atoms with Crippen molar-refractivity contribution in [2.75, 3.05) is 5.32 Å². The lowest BCUT2D eigenvalue weighted by molar-refractivity contribution is -0.384. The molecule has 112 valence electrons. The number of nitrogens with one attached hydrogen (secondary N) is 1. The molecule has 1 N–H and O–H groups in total. The summed E-state index contributed by atoms with van der Waals surface area (Å²) in [6.07, 6.45) is 2.47. The van der Waals surface area contributed by atoms with Crippen LogP contribution < -0.4 is 5.32 Å². The van der Waals surface area contributed by atoms with Gasteiger partial charge in [-0.2, -0.15) is 5.10 Å². The topological polar surface area (TPSA) is 73.0 Å². The van der Waals surface area contributed by atoms with Crippen molar-refractivity contribution in [3.63, 3.8) is 0 Å². The minimum Gasteiger partial charge on any atom is -0.371 e. The number of nitro benzene ring substituents is 1. The Morgan fingerprint density at radius 2 is 2.19 bits per heavy atom. The maximum atomic E-state index is 13.7. The minimum absolute atomic E-state index is 0.156. The Morgan fingerprint density at radius 1 is 1.43 bits per heavy atom. The first-order valence-corrected chi connectivity index (χ1v) is 6.41. The summed E-state index contributed by atoms with van der Waals surface area (Å²) in [7, 11) is 0. The first kappa shape index (κ1) is 14.9. The summed E-state index contributed by atoms with van der Waals surface area (Å²) >= 11 is 0. The van der Waals surface area contributed by atoms with Crippen LogP contribution in [0.3, 0.4) is 0 Å². The van der Waals surface area contributed by atoms with Crippen LogP contribution in [0, 0.1) is 21.7 Å². The van der Waals surface area contributed by atoms with Crippen LogP contribution in [0.1, 0.15) is 19.0 Å². The third kappa shape index (κ3) is 3.33. The van der Waals surface area contributed by atoms with Crippen LogP contribution >= 0.6 is 0 Å². The number of hydrogen-bond donors (Lipinski definition) is 1. The fraction of sp³-hybridized carbons (Fsp3) is 0.308. The van der Waals surface area contributed by atoms with Gasteiger partial charge in [0, 0.05) is 18.8 Å². The van der Waals surface area contributed by atoms with E-state index in [1.807, 2.05) is 6.92 Å². The predicted octanol–water partition coefficient (Wildman–Crippen LogP) is 3.09. The molecule has 0 saturated carbocycles. The number of hydrogen-bond acceptors (Lipinski definition) is 4. The van der Waals surface area contributed by atoms with Crippen LogP contribution in [0.5, 0.6) is 0 Å². The van der Waals surface area contributed by atoms with Gasteiger partial charge < -0.3 is 5.32 Å². The third-order valence-corrected chi connectivity index (χ3v) is 2.92. The number of halogens is 2. The lowest BCUT2D eigenvalue weighted by atomic mass is 10.2. The van der Waals surface area contributed by atoms with E-state index in [0.717, 1.165) is 12.1 Å². The molecule has 2 aromatic rings. The van der Waals surface area contributed by atoms with E-state index < -0.39 is 22.2 Å².